The topological polar surface area (TPSA) is 58.6 Å². The molecule has 0 spiro atoms. The van der Waals surface area contributed by atoms with Gasteiger partial charge in [0, 0.05) is 19.0 Å². The molecule has 1 aromatic carbocycles. The number of ether oxygens (including phenoxy) is 1. The number of carbonyl (C=O) groups excluding carboxylic acids is 1. The lowest BCUT2D eigenvalue weighted by Gasteiger charge is -2.14. The molecule has 1 aliphatic rings. The van der Waals surface area contributed by atoms with Gasteiger partial charge in [0.2, 0.25) is 5.91 Å². The number of hydrogen-bond donors (Lipinski definition) is 2. The van der Waals surface area contributed by atoms with Gasteiger partial charge in [0.15, 0.2) is 11.6 Å². The van der Waals surface area contributed by atoms with Crippen LogP contribution in [0.3, 0.4) is 0 Å². The highest BCUT2D eigenvalue weighted by molar-refractivity contribution is 5.76. The fourth-order valence-corrected chi connectivity index (χ4v) is 2.60. The van der Waals surface area contributed by atoms with Crippen LogP contribution >= 0.6 is 0 Å². The zero-order valence-corrected chi connectivity index (χ0v) is 12.4. The molecule has 1 saturated carbocycles. The fourth-order valence-electron chi connectivity index (χ4n) is 2.60. The molecule has 122 valence electrons. The van der Waals surface area contributed by atoms with Crippen LogP contribution in [0.15, 0.2) is 18.2 Å². The molecule has 0 saturated heterocycles. The molecule has 0 aliphatic heterocycles. The van der Waals surface area contributed by atoms with Crippen molar-refractivity contribution in [2.75, 3.05) is 13.2 Å². The smallest absolute Gasteiger partial charge is 0.220 e. The first kappa shape index (κ1) is 16.7. The summed E-state index contributed by atoms with van der Waals surface area (Å²) in [5, 5.41) is 12.4. The molecule has 1 aromatic rings. The van der Waals surface area contributed by atoms with E-state index in [0.29, 0.717) is 12.3 Å². The first-order valence-electron chi connectivity index (χ1n) is 7.57. The zero-order valence-electron chi connectivity index (χ0n) is 12.4. The number of nitrogens with one attached hydrogen (secondary N) is 1. The van der Waals surface area contributed by atoms with E-state index in [1.54, 1.807) is 0 Å². The number of carbonyl (C=O) groups is 1. The third-order valence-electron chi connectivity index (χ3n) is 3.82. The first-order chi connectivity index (χ1) is 10.5. The molecule has 1 aliphatic carbocycles. The molecule has 2 N–H and O–H groups in total. The number of halogens is 2. The molecule has 6 heteroatoms. The van der Waals surface area contributed by atoms with Crippen molar-refractivity contribution < 1.29 is 23.4 Å². The van der Waals surface area contributed by atoms with Gasteiger partial charge in [-0.25, -0.2) is 8.78 Å². The SMILES string of the molecule is O=C(CC1CCCC1)NCC(O)COc1ccc(F)c(F)c1. The quantitative estimate of drug-likeness (QED) is 0.813. The van der Waals surface area contributed by atoms with E-state index in [4.69, 9.17) is 4.74 Å². The van der Waals surface area contributed by atoms with E-state index in [1.807, 2.05) is 0 Å². The summed E-state index contributed by atoms with van der Waals surface area (Å²) in [4.78, 5) is 11.7. The van der Waals surface area contributed by atoms with Crippen LogP contribution in [0.4, 0.5) is 8.78 Å². The lowest BCUT2D eigenvalue weighted by atomic mass is 10.0. The maximum atomic E-state index is 13.0. The highest BCUT2D eigenvalue weighted by atomic mass is 19.2. The normalized spacial score (nSPS) is 16.5. The Bertz CT molecular complexity index is 504. The van der Waals surface area contributed by atoms with Crippen molar-refractivity contribution in [2.24, 2.45) is 5.92 Å². The monoisotopic (exact) mass is 313 g/mol. The number of amides is 1. The largest absolute Gasteiger partial charge is 0.491 e. The first-order valence-corrected chi connectivity index (χ1v) is 7.57. The second kappa shape index (κ2) is 8.08. The standard InChI is InChI=1S/C16H21F2NO3/c17-14-6-5-13(8-15(14)18)22-10-12(20)9-19-16(21)7-11-3-1-2-4-11/h5-6,8,11-12,20H,1-4,7,9-10H2,(H,19,21). The maximum absolute atomic E-state index is 13.0. The minimum atomic E-state index is -1.00. The van der Waals surface area contributed by atoms with Crippen molar-refractivity contribution in [3.05, 3.63) is 29.8 Å². The average molecular weight is 313 g/mol. The Labute approximate surface area is 128 Å². The lowest BCUT2D eigenvalue weighted by molar-refractivity contribution is -0.122. The molecule has 1 atom stereocenters. The van der Waals surface area contributed by atoms with E-state index in [-0.39, 0.29) is 24.8 Å². The second-order valence-corrected chi connectivity index (χ2v) is 5.70. The molecule has 2 rings (SSSR count). The predicted molar refractivity (Wildman–Crippen MR) is 77.4 cm³/mol. The van der Waals surface area contributed by atoms with E-state index >= 15 is 0 Å². The summed E-state index contributed by atoms with van der Waals surface area (Å²) in [5.74, 6) is -1.44. The van der Waals surface area contributed by atoms with Crippen molar-refractivity contribution in [3.8, 4) is 5.75 Å². The lowest BCUT2D eigenvalue weighted by Crippen LogP contribution is -2.35. The second-order valence-electron chi connectivity index (χ2n) is 5.70. The molecule has 0 radical (unpaired) electrons. The molecule has 1 fully saturated rings. The minimum absolute atomic E-state index is 0.0706. The van der Waals surface area contributed by atoms with E-state index in [2.05, 4.69) is 5.32 Å². The van der Waals surface area contributed by atoms with Gasteiger partial charge in [0.1, 0.15) is 18.5 Å². The van der Waals surface area contributed by atoms with Crippen molar-refractivity contribution in [2.45, 2.75) is 38.2 Å². The molecule has 4 nitrogen and oxygen atoms in total. The van der Waals surface area contributed by atoms with Crippen LogP contribution < -0.4 is 10.1 Å². The van der Waals surface area contributed by atoms with Crippen molar-refractivity contribution >= 4 is 5.91 Å². The molecule has 0 bridgehead atoms. The van der Waals surface area contributed by atoms with Crippen molar-refractivity contribution in [3.63, 3.8) is 0 Å². The summed E-state index contributed by atoms with van der Waals surface area (Å²) >= 11 is 0. The van der Waals surface area contributed by atoms with Crippen LogP contribution in [-0.2, 0) is 4.79 Å². The van der Waals surface area contributed by atoms with Crippen LogP contribution in [0.2, 0.25) is 0 Å². The Kier molecular flexibility index (Phi) is 6.12. The molecule has 0 heterocycles. The Morgan fingerprint density at radius 2 is 2.05 bits per heavy atom. The van der Waals surface area contributed by atoms with E-state index in [0.717, 1.165) is 25.0 Å². The van der Waals surface area contributed by atoms with Gasteiger partial charge in [0.25, 0.3) is 0 Å². The maximum Gasteiger partial charge on any atom is 0.220 e. The summed E-state index contributed by atoms with van der Waals surface area (Å²) in [6.45, 7) is -0.0238. The van der Waals surface area contributed by atoms with Gasteiger partial charge in [-0.2, -0.15) is 0 Å². The van der Waals surface area contributed by atoms with Crippen LogP contribution in [0.25, 0.3) is 0 Å². The van der Waals surface area contributed by atoms with Gasteiger partial charge >= 0.3 is 0 Å². The van der Waals surface area contributed by atoms with Crippen LogP contribution in [0, 0.1) is 17.6 Å². The van der Waals surface area contributed by atoms with Gasteiger partial charge in [-0.3, -0.25) is 4.79 Å². The Balaban J connectivity index is 1.65. The van der Waals surface area contributed by atoms with Crippen molar-refractivity contribution in [1.29, 1.82) is 0 Å². The van der Waals surface area contributed by atoms with Crippen molar-refractivity contribution in [1.82, 2.24) is 5.32 Å². The number of benzene rings is 1. The van der Waals surface area contributed by atoms with Gasteiger partial charge in [-0.05, 0) is 30.9 Å². The van der Waals surface area contributed by atoms with Gasteiger partial charge in [-0.1, -0.05) is 12.8 Å². The fraction of sp³-hybridized carbons (Fsp3) is 0.562. The summed E-state index contributed by atoms with van der Waals surface area (Å²) in [7, 11) is 0. The minimum Gasteiger partial charge on any atom is -0.491 e. The molecule has 1 amide bonds. The molecule has 0 aromatic heterocycles. The van der Waals surface area contributed by atoms with Gasteiger partial charge < -0.3 is 15.2 Å². The summed E-state index contributed by atoms with van der Waals surface area (Å²) < 4.78 is 30.9. The molecular formula is C16H21F2NO3. The zero-order chi connectivity index (χ0) is 15.9. The highest BCUT2D eigenvalue weighted by Crippen LogP contribution is 2.27. The molecular weight excluding hydrogens is 292 g/mol. The Hall–Kier alpha value is -1.69. The number of aliphatic hydroxyl groups is 1. The Morgan fingerprint density at radius 3 is 2.73 bits per heavy atom. The summed E-state index contributed by atoms with van der Waals surface area (Å²) in [6.07, 6.45) is 4.15. The van der Waals surface area contributed by atoms with Gasteiger partial charge in [0.05, 0.1) is 0 Å². The average Bonchev–Trinajstić information content (AvgIpc) is 2.99. The van der Waals surface area contributed by atoms with Crippen LogP contribution in [0.5, 0.6) is 5.75 Å². The highest BCUT2D eigenvalue weighted by Gasteiger charge is 2.18. The summed E-state index contributed by atoms with van der Waals surface area (Å²) in [5.41, 5.74) is 0. The Morgan fingerprint density at radius 1 is 1.32 bits per heavy atom. The third-order valence-corrected chi connectivity index (χ3v) is 3.82. The molecule has 22 heavy (non-hydrogen) atoms. The van der Waals surface area contributed by atoms with E-state index in [1.165, 1.54) is 18.9 Å². The number of aliphatic hydroxyl groups excluding tert-OH is 1. The summed E-state index contributed by atoms with van der Waals surface area (Å²) in [6, 6.07) is 3.16. The number of hydrogen-bond acceptors (Lipinski definition) is 3. The van der Waals surface area contributed by atoms with Crippen LogP contribution in [-0.4, -0.2) is 30.3 Å². The predicted octanol–water partition coefficient (Wildman–Crippen LogP) is 2.40. The third kappa shape index (κ3) is 5.26. The van der Waals surface area contributed by atoms with E-state index in [9.17, 15) is 18.7 Å². The molecule has 1 unspecified atom stereocenters. The van der Waals surface area contributed by atoms with Gasteiger partial charge in [-0.15, -0.1) is 0 Å². The van der Waals surface area contributed by atoms with E-state index < -0.39 is 17.7 Å². The van der Waals surface area contributed by atoms with Crippen LogP contribution in [0.1, 0.15) is 32.1 Å². The number of rotatable bonds is 7.